The van der Waals surface area contributed by atoms with Crippen LogP contribution in [0.4, 0.5) is 0 Å². The summed E-state index contributed by atoms with van der Waals surface area (Å²) in [6.45, 7) is 7.07. The molecule has 1 aromatic carbocycles. The third-order valence-electron chi connectivity index (χ3n) is 5.68. The number of sulfonamides is 1. The van der Waals surface area contributed by atoms with Crippen molar-refractivity contribution < 1.29 is 13.2 Å². The fourth-order valence-corrected chi connectivity index (χ4v) is 5.69. The van der Waals surface area contributed by atoms with Gasteiger partial charge in [0.1, 0.15) is 17.4 Å². The number of benzene rings is 1. The van der Waals surface area contributed by atoms with Crippen LogP contribution >= 0.6 is 0 Å². The normalized spacial score (nSPS) is 15.3. The van der Waals surface area contributed by atoms with Gasteiger partial charge in [-0.2, -0.15) is 4.31 Å². The molecule has 9 nitrogen and oxygen atoms in total. The van der Waals surface area contributed by atoms with Crippen molar-refractivity contribution in [3.63, 3.8) is 0 Å². The molecular formula is C22H29N5O4S. The number of hydrogen-bond donors (Lipinski definition) is 1. The Morgan fingerprint density at radius 1 is 1.12 bits per heavy atom. The lowest BCUT2D eigenvalue weighted by atomic mass is 10.2. The molecule has 1 N–H and O–H groups in total. The second-order valence-electron chi connectivity index (χ2n) is 7.96. The number of H-pyrrole nitrogens is 1. The van der Waals surface area contributed by atoms with Gasteiger partial charge in [0.15, 0.2) is 5.65 Å². The van der Waals surface area contributed by atoms with Crippen molar-refractivity contribution in [1.82, 2.24) is 23.7 Å². The SMILES string of the molecule is CCCc1nc(C)n2c(=O)[nH]c(-c3cc(S(=O)(=O)N4CCCCC4)ccc3OCC)nc12. The van der Waals surface area contributed by atoms with Crippen molar-refractivity contribution in [2.75, 3.05) is 19.7 Å². The van der Waals surface area contributed by atoms with Crippen LogP contribution in [0, 0.1) is 6.92 Å². The van der Waals surface area contributed by atoms with Crippen LogP contribution in [0.3, 0.4) is 0 Å². The fourth-order valence-electron chi connectivity index (χ4n) is 4.15. The van der Waals surface area contributed by atoms with Crippen molar-refractivity contribution in [1.29, 1.82) is 0 Å². The van der Waals surface area contributed by atoms with Gasteiger partial charge >= 0.3 is 5.69 Å². The molecule has 1 aliphatic heterocycles. The Bertz CT molecular complexity index is 1290. The van der Waals surface area contributed by atoms with E-state index in [0.717, 1.165) is 31.4 Å². The van der Waals surface area contributed by atoms with Crippen LogP contribution in [0.15, 0.2) is 27.9 Å². The van der Waals surface area contributed by atoms with E-state index in [2.05, 4.69) is 15.0 Å². The van der Waals surface area contributed by atoms with Gasteiger partial charge < -0.3 is 4.74 Å². The van der Waals surface area contributed by atoms with E-state index in [0.29, 0.717) is 48.9 Å². The molecule has 2 aromatic heterocycles. The maximum Gasteiger partial charge on any atom is 0.334 e. The molecule has 0 amide bonds. The molecule has 3 heterocycles. The largest absolute Gasteiger partial charge is 0.493 e. The van der Waals surface area contributed by atoms with Crippen LogP contribution in [0.5, 0.6) is 5.75 Å². The molecule has 0 unspecified atom stereocenters. The van der Waals surface area contributed by atoms with E-state index < -0.39 is 10.0 Å². The molecule has 1 saturated heterocycles. The molecule has 0 saturated carbocycles. The Hall–Kier alpha value is -2.72. The van der Waals surface area contributed by atoms with Crippen molar-refractivity contribution in [2.24, 2.45) is 0 Å². The summed E-state index contributed by atoms with van der Waals surface area (Å²) < 4.78 is 35.2. The number of imidazole rings is 1. The number of aromatic nitrogens is 4. The summed E-state index contributed by atoms with van der Waals surface area (Å²) in [6, 6.07) is 4.74. The second-order valence-corrected chi connectivity index (χ2v) is 9.90. The first-order valence-corrected chi connectivity index (χ1v) is 12.6. The zero-order valence-corrected chi connectivity index (χ0v) is 19.5. The van der Waals surface area contributed by atoms with Gasteiger partial charge in [-0.05, 0) is 51.3 Å². The summed E-state index contributed by atoms with van der Waals surface area (Å²) in [7, 11) is -3.65. The molecule has 32 heavy (non-hydrogen) atoms. The van der Waals surface area contributed by atoms with Gasteiger partial charge in [0.2, 0.25) is 10.0 Å². The molecule has 1 aliphatic rings. The molecule has 172 valence electrons. The number of piperidine rings is 1. The zero-order chi connectivity index (χ0) is 22.9. The predicted molar refractivity (Wildman–Crippen MR) is 122 cm³/mol. The lowest BCUT2D eigenvalue weighted by Crippen LogP contribution is -2.35. The zero-order valence-electron chi connectivity index (χ0n) is 18.7. The van der Waals surface area contributed by atoms with Crippen molar-refractivity contribution in [3.8, 4) is 17.1 Å². The summed E-state index contributed by atoms with van der Waals surface area (Å²) in [4.78, 5) is 25.0. The van der Waals surface area contributed by atoms with Crippen molar-refractivity contribution in [2.45, 2.75) is 57.8 Å². The lowest BCUT2D eigenvalue weighted by molar-refractivity contribution is 0.340. The number of aryl methyl sites for hydroxylation is 2. The van der Waals surface area contributed by atoms with Gasteiger partial charge in [0, 0.05) is 13.1 Å². The summed E-state index contributed by atoms with van der Waals surface area (Å²) in [5, 5.41) is 0. The molecule has 0 aliphatic carbocycles. The minimum absolute atomic E-state index is 0.166. The Morgan fingerprint density at radius 3 is 2.56 bits per heavy atom. The number of aromatic amines is 1. The molecule has 10 heteroatoms. The predicted octanol–water partition coefficient (Wildman–Crippen LogP) is 2.92. The highest BCUT2D eigenvalue weighted by atomic mass is 32.2. The van der Waals surface area contributed by atoms with Gasteiger partial charge in [-0.1, -0.05) is 19.8 Å². The number of rotatable bonds is 7. The highest BCUT2D eigenvalue weighted by molar-refractivity contribution is 7.89. The molecular weight excluding hydrogens is 430 g/mol. The van der Waals surface area contributed by atoms with E-state index in [1.165, 1.54) is 8.71 Å². The van der Waals surface area contributed by atoms with Gasteiger partial charge in [0.05, 0.1) is 22.8 Å². The first kappa shape index (κ1) is 22.5. The van der Waals surface area contributed by atoms with E-state index in [1.54, 1.807) is 25.1 Å². The summed E-state index contributed by atoms with van der Waals surface area (Å²) in [6.07, 6.45) is 4.31. The number of nitrogens with one attached hydrogen (secondary N) is 1. The smallest absolute Gasteiger partial charge is 0.334 e. The lowest BCUT2D eigenvalue weighted by Gasteiger charge is -2.26. The summed E-state index contributed by atoms with van der Waals surface area (Å²) in [5.74, 6) is 1.29. The third kappa shape index (κ3) is 4.04. The number of hydrogen-bond acceptors (Lipinski definition) is 6. The van der Waals surface area contributed by atoms with Crippen molar-refractivity contribution >= 4 is 15.7 Å². The van der Waals surface area contributed by atoms with Gasteiger partial charge in [-0.3, -0.25) is 4.98 Å². The molecule has 1 fully saturated rings. The first-order chi connectivity index (χ1) is 15.4. The molecule has 3 aromatic rings. The van der Waals surface area contributed by atoms with Crippen LogP contribution in [-0.4, -0.2) is 51.8 Å². The number of fused-ring (bicyclic) bond motifs is 1. The van der Waals surface area contributed by atoms with Crippen LogP contribution in [-0.2, 0) is 16.4 Å². The first-order valence-electron chi connectivity index (χ1n) is 11.1. The van der Waals surface area contributed by atoms with E-state index in [1.807, 2.05) is 13.8 Å². The third-order valence-corrected chi connectivity index (χ3v) is 7.58. The molecule has 0 spiro atoms. The van der Waals surface area contributed by atoms with Crippen LogP contribution in [0.25, 0.3) is 17.0 Å². The fraction of sp³-hybridized carbons (Fsp3) is 0.500. The maximum absolute atomic E-state index is 13.2. The molecule has 0 radical (unpaired) electrons. The summed E-state index contributed by atoms with van der Waals surface area (Å²) in [5.41, 5.74) is 1.29. The van der Waals surface area contributed by atoms with E-state index in [9.17, 15) is 13.2 Å². The quantitative estimate of drug-likeness (QED) is 0.582. The molecule has 4 rings (SSSR count). The second kappa shape index (κ2) is 9.03. The van der Waals surface area contributed by atoms with Gasteiger partial charge in [-0.15, -0.1) is 0 Å². The standard InChI is InChI=1S/C22H29N5O4S/c1-4-9-18-21-24-20(25-22(28)27(21)15(3)23-18)17-14-16(10-11-19(17)31-5-2)32(29,30)26-12-7-6-8-13-26/h10-11,14H,4-9,12-13H2,1-3H3,(H,24,25,28). The van der Waals surface area contributed by atoms with Crippen molar-refractivity contribution in [3.05, 3.63) is 40.2 Å². The summed E-state index contributed by atoms with van der Waals surface area (Å²) >= 11 is 0. The van der Waals surface area contributed by atoms with Crippen LogP contribution in [0.2, 0.25) is 0 Å². The molecule has 0 atom stereocenters. The average molecular weight is 460 g/mol. The average Bonchev–Trinajstić information content (AvgIpc) is 3.10. The number of nitrogens with zero attached hydrogens (tertiary/aromatic N) is 4. The Kier molecular flexibility index (Phi) is 6.34. The topological polar surface area (TPSA) is 110 Å². The highest BCUT2D eigenvalue weighted by Gasteiger charge is 2.27. The Morgan fingerprint density at radius 2 is 1.88 bits per heavy atom. The Balaban J connectivity index is 1.88. The van der Waals surface area contributed by atoms with Crippen LogP contribution in [0.1, 0.15) is 51.0 Å². The molecule has 0 bridgehead atoms. The van der Waals surface area contributed by atoms with Crippen LogP contribution < -0.4 is 10.4 Å². The minimum atomic E-state index is -3.65. The van der Waals surface area contributed by atoms with E-state index in [-0.39, 0.29) is 16.4 Å². The van der Waals surface area contributed by atoms with E-state index >= 15 is 0 Å². The van der Waals surface area contributed by atoms with E-state index in [4.69, 9.17) is 4.74 Å². The maximum atomic E-state index is 13.2. The minimum Gasteiger partial charge on any atom is -0.493 e. The monoisotopic (exact) mass is 459 g/mol. The van der Waals surface area contributed by atoms with Gasteiger partial charge in [-0.25, -0.2) is 27.6 Å². The highest BCUT2D eigenvalue weighted by Crippen LogP contribution is 2.32. The van der Waals surface area contributed by atoms with Gasteiger partial charge in [0.25, 0.3) is 0 Å². The Labute approximate surface area is 187 Å². The number of ether oxygens (including phenoxy) is 1.